The number of rotatable bonds is 6. The van der Waals surface area contributed by atoms with Crippen molar-refractivity contribution >= 4 is 23.2 Å². The van der Waals surface area contributed by atoms with Gasteiger partial charge in [-0.15, -0.1) is 0 Å². The zero-order valence-corrected chi connectivity index (χ0v) is 19.5. The zero-order chi connectivity index (χ0) is 23.2. The normalized spacial score (nSPS) is 14.1. The molecule has 3 aromatic rings. The molecule has 1 aliphatic rings. The third-order valence-electron chi connectivity index (χ3n) is 6.01. The van der Waals surface area contributed by atoms with Crippen molar-refractivity contribution in [1.82, 2.24) is 9.88 Å². The number of nitrogens with zero attached hydrogens (tertiary/aromatic N) is 3. The van der Waals surface area contributed by atoms with Crippen LogP contribution in [-0.2, 0) is 6.54 Å². The molecule has 0 bridgehead atoms. The maximum Gasteiger partial charge on any atom is 0.323 e. The van der Waals surface area contributed by atoms with E-state index in [2.05, 4.69) is 37.6 Å². The maximum absolute atomic E-state index is 12.4. The molecule has 172 valence electrons. The van der Waals surface area contributed by atoms with Gasteiger partial charge in [0.25, 0.3) is 0 Å². The van der Waals surface area contributed by atoms with Crippen molar-refractivity contribution in [2.75, 3.05) is 48.8 Å². The summed E-state index contributed by atoms with van der Waals surface area (Å²) in [6.45, 7) is 8.56. The van der Waals surface area contributed by atoms with Crippen LogP contribution in [0.3, 0.4) is 0 Å². The predicted octanol–water partition coefficient (Wildman–Crippen LogP) is 4.67. The monoisotopic (exact) mass is 445 g/mol. The van der Waals surface area contributed by atoms with Gasteiger partial charge in [0.05, 0.1) is 19.0 Å². The Kier molecular flexibility index (Phi) is 7.10. The average molecular weight is 446 g/mol. The molecule has 2 N–H and O–H groups in total. The number of pyridine rings is 1. The molecule has 1 saturated heterocycles. The van der Waals surface area contributed by atoms with Crippen LogP contribution < -0.4 is 20.3 Å². The number of carbonyl (C=O) groups is 1. The lowest BCUT2D eigenvalue weighted by molar-refractivity contribution is 0.245. The van der Waals surface area contributed by atoms with Crippen LogP contribution in [0, 0.1) is 13.8 Å². The van der Waals surface area contributed by atoms with E-state index >= 15 is 0 Å². The van der Waals surface area contributed by atoms with Crippen molar-refractivity contribution < 1.29 is 9.53 Å². The van der Waals surface area contributed by atoms with Gasteiger partial charge in [0.1, 0.15) is 11.6 Å². The molecular formula is C26H31N5O2. The number of urea groups is 1. The Balaban J connectivity index is 1.29. The molecular weight excluding hydrogens is 414 g/mol. The highest BCUT2D eigenvalue weighted by molar-refractivity contribution is 6.00. The first-order chi connectivity index (χ1) is 16.0. The summed E-state index contributed by atoms with van der Waals surface area (Å²) in [5.41, 5.74) is 4.77. The zero-order valence-electron chi connectivity index (χ0n) is 19.5. The SMILES string of the molecule is COc1ccccc1CN1CCN(c2ccc(NC(=O)Nc3c(C)cccc3C)cn2)CC1. The van der Waals surface area contributed by atoms with Gasteiger partial charge >= 0.3 is 6.03 Å². The molecule has 0 aliphatic carbocycles. The first-order valence-corrected chi connectivity index (χ1v) is 11.2. The first kappa shape index (κ1) is 22.6. The third kappa shape index (κ3) is 5.62. The lowest BCUT2D eigenvalue weighted by Crippen LogP contribution is -2.46. The summed E-state index contributed by atoms with van der Waals surface area (Å²) in [5.74, 6) is 1.86. The van der Waals surface area contributed by atoms with Gasteiger partial charge in [-0.25, -0.2) is 9.78 Å². The molecule has 4 rings (SSSR count). The number of ether oxygens (including phenoxy) is 1. The summed E-state index contributed by atoms with van der Waals surface area (Å²) in [5, 5.41) is 5.80. The standard InChI is InChI=1S/C26H31N5O2/c1-19-7-6-8-20(2)25(19)29-26(32)28-22-11-12-24(27-17-22)31-15-13-30(14-16-31)18-21-9-4-5-10-23(21)33-3/h4-12,17H,13-16,18H2,1-3H3,(H2,28,29,32). The van der Waals surface area contributed by atoms with Gasteiger partial charge in [-0.3, -0.25) is 4.90 Å². The largest absolute Gasteiger partial charge is 0.496 e. The topological polar surface area (TPSA) is 69.7 Å². The molecule has 1 aromatic heterocycles. The number of para-hydroxylation sites is 2. The highest BCUT2D eigenvalue weighted by Crippen LogP contribution is 2.22. The van der Waals surface area contributed by atoms with Gasteiger partial charge in [-0.05, 0) is 43.2 Å². The van der Waals surface area contributed by atoms with Crippen LogP contribution in [0.25, 0.3) is 0 Å². The number of anilines is 3. The number of aromatic nitrogens is 1. The second kappa shape index (κ2) is 10.4. The van der Waals surface area contributed by atoms with Crippen LogP contribution in [0.15, 0.2) is 60.8 Å². The third-order valence-corrected chi connectivity index (χ3v) is 6.01. The van der Waals surface area contributed by atoms with Crippen molar-refractivity contribution in [3.05, 3.63) is 77.5 Å². The lowest BCUT2D eigenvalue weighted by atomic mass is 10.1. The number of hydrogen-bond donors (Lipinski definition) is 2. The van der Waals surface area contributed by atoms with Crippen molar-refractivity contribution in [2.45, 2.75) is 20.4 Å². The molecule has 33 heavy (non-hydrogen) atoms. The highest BCUT2D eigenvalue weighted by atomic mass is 16.5. The molecule has 0 spiro atoms. The first-order valence-electron chi connectivity index (χ1n) is 11.2. The summed E-state index contributed by atoms with van der Waals surface area (Å²) in [4.78, 5) is 21.7. The van der Waals surface area contributed by atoms with Crippen molar-refractivity contribution in [3.8, 4) is 5.75 Å². The van der Waals surface area contributed by atoms with Crippen LogP contribution in [0.5, 0.6) is 5.75 Å². The van der Waals surface area contributed by atoms with Crippen molar-refractivity contribution in [2.24, 2.45) is 0 Å². The second-order valence-corrected chi connectivity index (χ2v) is 8.33. The van der Waals surface area contributed by atoms with Gasteiger partial charge in [-0.1, -0.05) is 36.4 Å². The van der Waals surface area contributed by atoms with Gasteiger partial charge in [0.2, 0.25) is 0 Å². The number of aryl methyl sites for hydroxylation is 2. The van der Waals surface area contributed by atoms with E-state index in [4.69, 9.17) is 4.74 Å². The summed E-state index contributed by atoms with van der Waals surface area (Å²) in [6.07, 6.45) is 1.71. The molecule has 0 unspecified atom stereocenters. The summed E-state index contributed by atoms with van der Waals surface area (Å²) >= 11 is 0. The Bertz CT molecular complexity index is 1070. The van der Waals surface area contributed by atoms with E-state index < -0.39 is 0 Å². The minimum atomic E-state index is -0.271. The fourth-order valence-corrected chi connectivity index (χ4v) is 4.14. The van der Waals surface area contributed by atoms with E-state index in [1.165, 1.54) is 5.56 Å². The van der Waals surface area contributed by atoms with Crippen LogP contribution in [0.4, 0.5) is 22.0 Å². The molecule has 0 radical (unpaired) electrons. The molecule has 2 amide bonds. The Morgan fingerprint density at radius 3 is 2.33 bits per heavy atom. The molecule has 2 aromatic carbocycles. The van der Waals surface area contributed by atoms with E-state index in [1.807, 2.05) is 56.3 Å². The molecule has 0 saturated carbocycles. The Morgan fingerprint density at radius 1 is 0.939 bits per heavy atom. The summed E-state index contributed by atoms with van der Waals surface area (Å²) in [6, 6.07) is 17.7. The Morgan fingerprint density at radius 2 is 1.67 bits per heavy atom. The van der Waals surface area contributed by atoms with Gasteiger partial charge in [-0.2, -0.15) is 0 Å². The van der Waals surface area contributed by atoms with Crippen LogP contribution >= 0.6 is 0 Å². The van der Waals surface area contributed by atoms with E-state index in [0.29, 0.717) is 5.69 Å². The molecule has 0 atom stereocenters. The van der Waals surface area contributed by atoms with Crippen LogP contribution in [0.2, 0.25) is 0 Å². The fourth-order valence-electron chi connectivity index (χ4n) is 4.14. The predicted molar refractivity (Wildman–Crippen MR) is 133 cm³/mol. The van der Waals surface area contributed by atoms with Gasteiger partial charge < -0.3 is 20.3 Å². The lowest BCUT2D eigenvalue weighted by Gasteiger charge is -2.35. The van der Waals surface area contributed by atoms with Gasteiger partial charge in [0, 0.05) is 44.0 Å². The van der Waals surface area contributed by atoms with E-state index in [1.54, 1.807) is 13.3 Å². The minimum absolute atomic E-state index is 0.271. The number of benzene rings is 2. The van der Waals surface area contributed by atoms with Gasteiger partial charge in [0.15, 0.2) is 0 Å². The molecule has 7 nitrogen and oxygen atoms in total. The molecule has 2 heterocycles. The highest BCUT2D eigenvalue weighted by Gasteiger charge is 2.19. The number of amides is 2. The quantitative estimate of drug-likeness (QED) is 0.577. The van der Waals surface area contributed by atoms with E-state index in [-0.39, 0.29) is 6.03 Å². The molecule has 7 heteroatoms. The van der Waals surface area contributed by atoms with E-state index in [9.17, 15) is 4.79 Å². The maximum atomic E-state index is 12.4. The number of hydrogen-bond acceptors (Lipinski definition) is 5. The van der Waals surface area contributed by atoms with Crippen molar-refractivity contribution in [3.63, 3.8) is 0 Å². The number of piperazine rings is 1. The second-order valence-electron chi connectivity index (χ2n) is 8.33. The molecule has 1 fully saturated rings. The fraction of sp³-hybridized carbons (Fsp3) is 0.308. The number of carbonyl (C=O) groups excluding carboxylic acids is 1. The Labute approximate surface area is 195 Å². The van der Waals surface area contributed by atoms with Crippen LogP contribution in [0.1, 0.15) is 16.7 Å². The minimum Gasteiger partial charge on any atom is -0.496 e. The van der Waals surface area contributed by atoms with Crippen molar-refractivity contribution in [1.29, 1.82) is 0 Å². The Hall–Kier alpha value is -3.58. The van der Waals surface area contributed by atoms with E-state index in [0.717, 1.165) is 61.1 Å². The summed E-state index contributed by atoms with van der Waals surface area (Å²) < 4.78 is 5.48. The smallest absolute Gasteiger partial charge is 0.323 e. The van der Waals surface area contributed by atoms with Crippen LogP contribution in [-0.4, -0.2) is 49.2 Å². The number of methoxy groups -OCH3 is 1. The average Bonchev–Trinajstić information content (AvgIpc) is 2.83. The number of nitrogens with one attached hydrogen (secondary N) is 2. The summed E-state index contributed by atoms with van der Waals surface area (Å²) in [7, 11) is 1.72. The molecule has 1 aliphatic heterocycles.